The maximum atomic E-state index is 12.8. The van der Waals surface area contributed by atoms with E-state index in [0.717, 1.165) is 18.2 Å². The quantitative estimate of drug-likeness (QED) is 0.793. The Balaban J connectivity index is 2.61. The number of nitrogens with one attached hydrogen (secondary N) is 1. The molecule has 0 atom stereocenters. The molecule has 86 valence electrons. The van der Waals surface area contributed by atoms with Gasteiger partial charge in [-0.1, -0.05) is 6.92 Å². The average Bonchev–Trinajstić information content (AvgIpc) is 2.23. The lowest BCUT2D eigenvalue weighted by atomic mass is 10.2. The van der Waals surface area contributed by atoms with Crippen molar-refractivity contribution in [3.63, 3.8) is 0 Å². The highest BCUT2D eigenvalue weighted by Crippen LogP contribution is 2.07. The number of amides is 1. The summed E-state index contributed by atoms with van der Waals surface area (Å²) in [6, 6.07) is 2.93. The van der Waals surface area contributed by atoms with E-state index in [2.05, 4.69) is 5.32 Å². The van der Waals surface area contributed by atoms with Gasteiger partial charge in [-0.2, -0.15) is 0 Å². The van der Waals surface area contributed by atoms with Crippen LogP contribution >= 0.6 is 0 Å². The minimum Gasteiger partial charge on any atom is -0.345 e. The Bertz CT molecular complexity index is 398. The van der Waals surface area contributed by atoms with Crippen molar-refractivity contribution in [3.05, 3.63) is 35.4 Å². The molecule has 0 saturated carbocycles. The monoisotopic (exact) mass is 227 g/mol. The fourth-order valence-electron chi connectivity index (χ4n) is 1.15. The SMILES string of the molecule is CCC(=O)C(=O)NCc1cc(F)cc(F)c1. The number of Topliss-reactive ketones (excluding diaryl/α,β-unsaturated/α-hetero) is 1. The molecule has 1 aromatic rings. The second-order valence-electron chi connectivity index (χ2n) is 3.24. The molecule has 0 unspecified atom stereocenters. The van der Waals surface area contributed by atoms with Crippen molar-refractivity contribution in [3.8, 4) is 0 Å². The third-order valence-corrected chi connectivity index (χ3v) is 1.95. The van der Waals surface area contributed by atoms with Gasteiger partial charge in [0.1, 0.15) is 11.6 Å². The first-order valence-corrected chi connectivity index (χ1v) is 4.79. The molecule has 0 fully saturated rings. The van der Waals surface area contributed by atoms with E-state index < -0.39 is 23.3 Å². The standard InChI is InChI=1S/C11H11F2NO2/c1-2-10(15)11(16)14-6-7-3-8(12)5-9(13)4-7/h3-5H,2,6H2,1H3,(H,14,16). The van der Waals surface area contributed by atoms with Crippen LogP contribution in [0.25, 0.3) is 0 Å². The smallest absolute Gasteiger partial charge is 0.287 e. The van der Waals surface area contributed by atoms with E-state index in [1.807, 2.05) is 0 Å². The molecule has 3 nitrogen and oxygen atoms in total. The topological polar surface area (TPSA) is 46.2 Å². The maximum Gasteiger partial charge on any atom is 0.287 e. The predicted molar refractivity (Wildman–Crippen MR) is 53.5 cm³/mol. The number of halogens is 2. The molecule has 0 aliphatic carbocycles. The highest BCUT2D eigenvalue weighted by Gasteiger charge is 2.10. The van der Waals surface area contributed by atoms with Gasteiger partial charge in [-0.15, -0.1) is 0 Å². The molecule has 0 aromatic heterocycles. The summed E-state index contributed by atoms with van der Waals surface area (Å²) in [6.07, 6.45) is 0.101. The number of rotatable bonds is 4. The molecular formula is C11H11F2NO2. The number of hydrogen-bond donors (Lipinski definition) is 1. The van der Waals surface area contributed by atoms with Gasteiger partial charge in [0, 0.05) is 19.0 Å². The molecule has 5 heteroatoms. The molecule has 0 aliphatic heterocycles. The highest BCUT2D eigenvalue weighted by molar-refractivity contribution is 6.35. The Hall–Kier alpha value is -1.78. The van der Waals surface area contributed by atoms with Crippen molar-refractivity contribution >= 4 is 11.7 Å². The van der Waals surface area contributed by atoms with Crippen LogP contribution in [0.2, 0.25) is 0 Å². The molecule has 1 N–H and O–H groups in total. The van der Waals surface area contributed by atoms with Crippen molar-refractivity contribution in [2.75, 3.05) is 0 Å². The van der Waals surface area contributed by atoms with Gasteiger partial charge in [-0.3, -0.25) is 9.59 Å². The number of carbonyl (C=O) groups excluding carboxylic acids is 2. The maximum absolute atomic E-state index is 12.8. The second kappa shape index (κ2) is 5.34. The third kappa shape index (κ3) is 3.42. The van der Waals surface area contributed by atoms with Crippen LogP contribution in [-0.2, 0) is 16.1 Å². The lowest BCUT2D eigenvalue weighted by molar-refractivity contribution is -0.137. The fraction of sp³-hybridized carbons (Fsp3) is 0.273. The molecule has 0 saturated heterocycles. The lowest BCUT2D eigenvalue weighted by Crippen LogP contribution is -2.30. The average molecular weight is 227 g/mol. The van der Waals surface area contributed by atoms with E-state index in [4.69, 9.17) is 0 Å². The van der Waals surface area contributed by atoms with Crippen molar-refractivity contribution in [2.45, 2.75) is 19.9 Å². The first-order valence-electron chi connectivity index (χ1n) is 4.79. The first kappa shape index (κ1) is 12.3. The molecule has 0 spiro atoms. The van der Waals surface area contributed by atoms with E-state index >= 15 is 0 Å². The van der Waals surface area contributed by atoms with Gasteiger partial charge < -0.3 is 5.32 Å². The fourth-order valence-corrected chi connectivity index (χ4v) is 1.15. The minimum absolute atomic E-state index is 0.0702. The molecule has 1 rings (SSSR count). The Labute approximate surface area is 91.5 Å². The van der Waals surface area contributed by atoms with Crippen LogP contribution in [0.5, 0.6) is 0 Å². The molecular weight excluding hydrogens is 216 g/mol. The van der Waals surface area contributed by atoms with Crippen LogP contribution < -0.4 is 5.32 Å². The Morgan fingerprint density at radius 3 is 2.25 bits per heavy atom. The molecule has 1 aromatic carbocycles. The van der Waals surface area contributed by atoms with E-state index in [-0.39, 0.29) is 18.5 Å². The van der Waals surface area contributed by atoms with Gasteiger partial charge >= 0.3 is 0 Å². The van der Waals surface area contributed by atoms with Gasteiger partial charge in [0.05, 0.1) is 0 Å². The van der Waals surface area contributed by atoms with Gasteiger partial charge in [0.15, 0.2) is 0 Å². The molecule has 0 aliphatic rings. The number of carbonyl (C=O) groups is 2. The summed E-state index contributed by atoms with van der Waals surface area (Å²) in [7, 11) is 0. The van der Waals surface area contributed by atoms with Gasteiger partial charge in [-0.05, 0) is 17.7 Å². The Morgan fingerprint density at radius 1 is 1.19 bits per heavy atom. The van der Waals surface area contributed by atoms with Crippen LogP contribution in [0.3, 0.4) is 0 Å². The van der Waals surface area contributed by atoms with Crippen molar-refractivity contribution < 1.29 is 18.4 Å². The summed E-state index contributed by atoms with van der Waals surface area (Å²) >= 11 is 0. The minimum atomic E-state index is -0.743. The summed E-state index contributed by atoms with van der Waals surface area (Å²) in [5.41, 5.74) is 0.273. The third-order valence-electron chi connectivity index (χ3n) is 1.95. The van der Waals surface area contributed by atoms with Crippen LogP contribution in [0.1, 0.15) is 18.9 Å². The summed E-state index contributed by atoms with van der Waals surface area (Å²) in [4.78, 5) is 22.0. The molecule has 0 radical (unpaired) electrons. The Morgan fingerprint density at radius 2 is 1.75 bits per heavy atom. The van der Waals surface area contributed by atoms with E-state index in [1.54, 1.807) is 6.92 Å². The molecule has 16 heavy (non-hydrogen) atoms. The van der Waals surface area contributed by atoms with Crippen molar-refractivity contribution in [1.29, 1.82) is 0 Å². The van der Waals surface area contributed by atoms with E-state index in [9.17, 15) is 18.4 Å². The van der Waals surface area contributed by atoms with E-state index in [0.29, 0.717) is 0 Å². The van der Waals surface area contributed by atoms with Gasteiger partial charge in [0.25, 0.3) is 5.91 Å². The number of benzene rings is 1. The summed E-state index contributed by atoms with van der Waals surface area (Å²) in [5, 5.41) is 2.28. The summed E-state index contributed by atoms with van der Waals surface area (Å²) in [6.45, 7) is 1.49. The predicted octanol–water partition coefficient (Wildman–Crippen LogP) is 1.56. The number of ketones is 1. The van der Waals surface area contributed by atoms with E-state index in [1.165, 1.54) is 0 Å². The van der Waals surface area contributed by atoms with Crippen molar-refractivity contribution in [1.82, 2.24) is 5.32 Å². The normalized spacial score (nSPS) is 9.94. The number of hydrogen-bond acceptors (Lipinski definition) is 2. The zero-order chi connectivity index (χ0) is 12.1. The highest BCUT2D eigenvalue weighted by atomic mass is 19.1. The second-order valence-corrected chi connectivity index (χ2v) is 3.24. The molecule has 1 amide bonds. The zero-order valence-corrected chi connectivity index (χ0v) is 8.72. The summed E-state index contributed by atoms with van der Waals surface area (Å²) in [5.74, 6) is -2.74. The van der Waals surface area contributed by atoms with Gasteiger partial charge in [0.2, 0.25) is 5.78 Å². The molecule has 0 bridgehead atoms. The lowest BCUT2D eigenvalue weighted by Gasteiger charge is -2.04. The van der Waals surface area contributed by atoms with Crippen LogP contribution in [0.4, 0.5) is 8.78 Å². The van der Waals surface area contributed by atoms with Crippen LogP contribution in [0, 0.1) is 11.6 Å². The van der Waals surface area contributed by atoms with Crippen LogP contribution in [-0.4, -0.2) is 11.7 Å². The first-order chi connectivity index (χ1) is 7.52. The van der Waals surface area contributed by atoms with Gasteiger partial charge in [-0.25, -0.2) is 8.78 Å². The Kier molecular flexibility index (Phi) is 4.10. The van der Waals surface area contributed by atoms with Crippen LogP contribution in [0.15, 0.2) is 18.2 Å². The largest absolute Gasteiger partial charge is 0.345 e. The van der Waals surface area contributed by atoms with Crippen molar-refractivity contribution in [2.24, 2.45) is 0 Å². The molecule has 0 heterocycles. The summed E-state index contributed by atoms with van der Waals surface area (Å²) < 4.78 is 25.5. The zero-order valence-electron chi connectivity index (χ0n) is 8.72.